The highest BCUT2D eigenvalue weighted by Gasteiger charge is 2.52. The molecule has 0 aliphatic carbocycles. The molecule has 2 atom stereocenters. The van der Waals surface area contributed by atoms with Crippen LogP contribution in [-0.4, -0.2) is 64.4 Å². The van der Waals surface area contributed by atoms with E-state index in [0.717, 1.165) is 16.7 Å². The number of nitrogens with zero attached hydrogens (tertiary/aromatic N) is 5. The smallest absolute Gasteiger partial charge is 0.356 e. The van der Waals surface area contributed by atoms with E-state index in [2.05, 4.69) is 15.1 Å². The summed E-state index contributed by atoms with van der Waals surface area (Å²) < 4.78 is 7.78. The second kappa shape index (κ2) is 11.0. The van der Waals surface area contributed by atoms with Gasteiger partial charge in [-0.25, -0.2) is 9.78 Å². The molecular formula is C28H26N6O4S2. The third kappa shape index (κ3) is 4.87. The van der Waals surface area contributed by atoms with Crippen molar-refractivity contribution in [2.45, 2.75) is 36.1 Å². The fourth-order valence-electron chi connectivity index (χ4n) is 4.76. The van der Waals surface area contributed by atoms with Gasteiger partial charge in [0.05, 0.1) is 12.3 Å². The predicted molar refractivity (Wildman–Crippen MR) is 151 cm³/mol. The molecule has 40 heavy (non-hydrogen) atoms. The Balaban J connectivity index is 1.35. The summed E-state index contributed by atoms with van der Waals surface area (Å²) in [5.74, 6) is 0.952. The van der Waals surface area contributed by atoms with Crippen LogP contribution in [0.4, 0.5) is 0 Å². The van der Waals surface area contributed by atoms with Gasteiger partial charge >= 0.3 is 5.97 Å². The zero-order valence-electron chi connectivity index (χ0n) is 21.5. The lowest BCUT2D eigenvalue weighted by Crippen LogP contribution is -2.68. The summed E-state index contributed by atoms with van der Waals surface area (Å²) >= 11 is 2.95. The standard InChI is InChI=1S/C28H26N6O4S2/c1-16-30-28-31-20(13-35)12-21(34(28)32-16)39-14-19-15-40-26-22(29)25(36)33(26)23(19)27(37)38-24(17-8-4-2-5-9-17)18-10-6-3-7-11-18/h2-12,22,24,26,35H,13-15,29H2,1H3/t22?,26-/m0/s1. The van der Waals surface area contributed by atoms with Gasteiger partial charge in [-0.3, -0.25) is 9.69 Å². The number of aliphatic hydroxyl groups is 1. The highest BCUT2D eigenvalue weighted by molar-refractivity contribution is 8.01. The van der Waals surface area contributed by atoms with Crippen molar-refractivity contribution in [2.75, 3.05) is 11.5 Å². The largest absolute Gasteiger partial charge is 0.448 e. The summed E-state index contributed by atoms with van der Waals surface area (Å²) in [5.41, 5.74) is 9.19. The molecule has 0 saturated carbocycles. The Morgan fingerprint density at radius 1 is 1.15 bits per heavy atom. The van der Waals surface area contributed by atoms with E-state index in [1.54, 1.807) is 17.5 Å². The molecule has 0 spiro atoms. The molecule has 2 aromatic heterocycles. The van der Waals surface area contributed by atoms with Crippen molar-refractivity contribution in [2.24, 2.45) is 5.73 Å². The van der Waals surface area contributed by atoms with Gasteiger partial charge in [-0.1, -0.05) is 60.7 Å². The first kappa shape index (κ1) is 26.5. The number of nitrogens with two attached hydrogens (primary N) is 1. The van der Waals surface area contributed by atoms with Crippen LogP contribution >= 0.6 is 23.5 Å². The number of ether oxygens (including phenoxy) is 1. The maximum Gasteiger partial charge on any atom is 0.356 e. The van der Waals surface area contributed by atoms with E-state index in [-0.39, 0.29) is 23.6 Å². The number of thioether (sulfide) groups is 2. The highest BCUT2D eigenvalue weighted by Crippen LogP contribution is 2.42. The van der Waals surface area contributed by atoms with Gasteiger partial charge in [0.15, 0.2) is 6.10 Å². The number of β-lactam (4-membered cyclic amide) rings is 1. The van der Waals surface area contributed by atoms with Crippen LogP contribution < -0.4 is 5.73 Å². The number of aromatic nitrogens is 4. The molecule has 2 aliphatic rings. The lowest BCUT2D eigenvalue weighted by molar-refractivity contribution is -0.153. The van der Waals surface area contributed by atoms with Crippen LogP contribution in [0.1, 0.15) is 28.7 Å². The first-order chi connectivity index (χ1) is 19.4. The van der Waals surface area contributed by atoms with Crippen LogP contribution in [0.15, 0.2) is 83.0 Å². The molecule has 0 bridgehead atoms. The maximum absolute atomic E-state index is 13.9. The minimum absolute atomic E-state index is 0.238. The van der Waals surface area contributed by atoms with E-state index in [0.29, 0.717) is 33.8 Å². The van der Waals surface area contributed by atoms with Gasteiger partial charge in [0.1, 0.15) is 28.0 Å². The molecule has 4 aromatic rings. The zero-order valence-corrected chi connectivity index (χ0v) is 23.1. The van der Waals surface area contributed by atoms with Crippen LogP contribution in [0, 0.1) is 6.92 Å². The molecule has 2 aliphatic heterocycles. The van der Waals surface area contributed by atoms with E-state index in [1.165, 1.54) is 28.4 Å². The quantitative estimate of drug-likeness (QED) is 0.140. The monoisotopic (exact) mass is 574 g/mol. The number of aliphatic hydroxyl groups excluding tert-OH is 1. The van der Waals surface area contributed by atoms with Crippen molar-refractivity contribution >= 4 is 41.2 Å². The topological polar surface area (TPSA) is 136 Å². The van der Waals surface area contributed by atoms with Crippen LogP contribution in [0.3, 0.4) is 0 Å². The van der Waals surface area contributed by atoms with Crippen LogP contribution in [0.25, 0.3) is 5.78 Å². The van der Waals surface area contributed by atoms with E-state index in [4.69, 9.17) is 10.5 Å². The molecule has 1 saturated heterocycles. The average Bonchev–Trinajstić information content (AvgIpc) is 3.38. The van der Waals surface area contributed by atoms with Crippen LogP contribution in [0.2, 0.25) is 0 Å². The number of hydrogen-bond acceptors (Lipinski definition) is 10. The Morgan fingerprint density at radius 2 is 1.82 bits per heavy atom. The number of carbonyl (C=O) groups excluding carboxylic acids is 2. The Labute approximate surface area is 238 Å². The fourth-order valence-corrected chi connectivity index (χ4v) is 7.21. The second-order valence-corrected chi connectivity index (χ2v) is 11.5. The van der Waals surface area contributed by atoms with Crippen molar-refractivity contribution in [3.05, 3.63) is 101 Å². The number of hydrogen-bond donors (Lipinski definition) is 2. The molecule has 1 unspecified atom stereocenters. The van der Waals surface area contributed by atoms with Gasteiger partial charge < -0.3 is 15.6 Å². The first-order valence-electron chi connectivity index (χ1n) is 12.6. The molecule has 0 radical (unpaired) electrons. The molecule has 2 aromatic carbocycles. The third-order valence-corrected chi connectivity index (χ3v) is 9.15. The van der Waals surface area contributed by atoms with Crippen molar-refractivity contribution in [1.29, 1.82) is 0 Å². The summed E-state index contributed by atoms with van der Waals surface area (Å²) in [6, 6.07) is 20.1. The lowest BCUT2D eigenvalue weighted by atomic mass is 10.0. The van der Waals surface area contributed by atoms with Crippen molar-refractivity contribution in [1.82, 2.24) is 24.5 Å². The SMILES string of the molecule is Cc1nc2nc(CO)cc(SCC3=C(C(=O)OC(c4ccccc4)c4ccccc4)N4C(=O)C(N)[C@@H]4SC3)n2n1. The Kier molecular flexibility index (Phi) is 7.32. The van der Waals surface area contributed by atoms with Gasteiger partial charge in [0.25, 0.3) is 5.78 Å². The molecular weight excluding hydrogens is 548 g/mol. The van der Waals surface area contributed by atoms with Gasteiger partial charge in [-0.05, 0) is 29.7 Å². The summed E-state index contributed by atoms with van der Waals surface area (Å²) in [5, 5.41) is 14.5. The minimum Gasteiger partial charge on any atom is -0.448 e. The van der Waals surface area contributed by atoms with E-state index < -0.39 is 18.1 Å². The van der Waals surface area contributed by atoms with Gasteiger partial charge in [-0.2, -0.15) is 9.50 Å². The van der Waals surface area contributed by atoms with E-state index in [9.17, 15) is 14.7 Å². The maximum atomic E-state index is 13.9. The third-order valence-electron chi connectivity index (χ3n) is 6.71. The number of fused-ring (bicyclic) bond motifs is 2. The number of benzene rings is 2. The molecule has 10 nitrogen and oxygen atoms in total. The summed E-state index contributed by atoms with van der Waals surface area (Å²) in [6.07, 6.45) is -0.653. The normalized spacial score (nSPS) is 18.7. The first-order valence-corrected chi connectivity index (χ1v) is 14.7. The molecule has 6 rings (SSSR count). The number of carbonyl (C=O) groups is 2. The van der Waals surface area contributed by atoms with Gasteiger partial charge in [-0.15, -0.1) is 28.6 Å². The molecule has 3 N–H and O–H groups in total. The average molecular weight is 575 g/mol. The minimum atomic E-state index is -0.661. The highest BCUT2D eigenvalue weighted by atomic mass is 32.2. The van der Waals surface area contributed by atoms with Crippen molar-refractivity contribution in [3.8, 4) is 0 Å². The molecule has 1 fully saturated rings. The number of esters is 1. The number of amides is 1. The Hall–Kier alpha value is -3.71. The molecule has 1 amide bonds. The van der Waals surface area contributed by atoms with E-state index >= 15 is 0 Å². The molecule has 12 heteroatoms. The van der Waals surface area contributed by atoms with Crippen LogP contribution in [0.5, 0.6) is 0 Å². The Bertz CT molecular complexity index is 1570. The molecule has 4 heterocycles. The summed E-state index contributed by atoms with van der Waals surface area (Å²) in [7, 11) is 0. The summed E-state index contributed by atoms with van der Waals surface area (Å²) in [4.78, 5) is 36.9. The number of rotatable bonds is 8. The predicted octanol–water partition coefficient (Wildman–Crippen LogP) is 2.85. The number of aryl methyl sites for hydroxylation is 1. The molecule has 204 valence electrons. The van der Waals surface area contributed by atoms with E-state index in [1.807, 2.05) is 60.7 Å². The second-order valence-electron chi connectivity index (χ2n) is 9.40. The van der Waals surface area contributed by atoms with Crippen molar-refractivity contribution < 1.29 is 19.4 Å². The summed E-state index contributed by atoms with van der Waals surface area (Å²) in [6.45, 7) is 1.53. The van der Waals surface area contributed by atoms with Crippen LogP contribution in [-0.2, 0) is 20.9 Å². The fraction of sp³-hybridized carbons (Fsp3) is 0.250. The zero-order chi connectivity index (χ0) is 27.8. The van der Waals surface area contributed by atoms with Gasteiger partial charge in [0.2, 0.25) is 5.91 Å². The Morgan fingerprint density at radius 3 is 2.48 bits per heavy atom. The van der Waals surface area contributed by atoms with Gasteiger partial charge in [0, 0.05) is 11.5 Å². The van der Waals surface area contributed by atoms with Crippen molar-refractivity contribution in [3.63, 3.8) is 0 Å². The lowest BCUT2D eigenvalue weighted by Gasteiger charge is -2.48.